The molecule has 1 aliphatic rings. The molecule has 0 saturated carbocycles. The number of aldehydes is 1. The van der Waals surface area contributed by atoms with Crippen molar-refractivity contribution in [3.8, 4) is 11.1 Å². The van der Waals surface area contributed by atoms with Gasteiger partial charge < -0.3 is 0 Å². The zero-order chi connectivity index (χ0) is 12.5. The third-order valence-electron chi connectivity index (χ3n) is 3.57. The summed E-state index contributed by atoms with van der Waals surface area (Å²) in [6, 6.07) is 15.0. The van der Waals surface area contributed by atoms with Gasteiger partial charge in [-0.1, -0.05) is 42.5 Å². The summed E-state index contributed by atoms with van der Waals surface area (Å²) >= 11 is 0. The molecule has 0 radical (unpaired) electrons. The van der Waals surface area contributed by atoms with Gasteiger partial charge in [-0.25, -0.2) is 0 Å². The highest BCUT2D eigenvalue weighted by molar-refractivity contribution is 5.83. The highest BCUT2D eigenvalue weighted by Crippen LogP contribution is 2.37. The van der Waals surface area contributed by atoms with Gasteiger partial charge in [-0.2, -0.15) is 0 Å². The minimum atomic E-state index is 0.845. The maximum Gasteiger partial charge on any atom is 0.143 e. The van der Waals surface area contributed by atoms with Crippen LogP contribution < -0.4 is 0 Å². The molecule has 0 heterocycles. The Morgan fingerprint density at radius 3 is 2.67 bits per heavy atom. The van der Waals surface area contributed by atoms with Crippen LogP contribution in [0.5, 0.6) is 0 Å². The highest BCUT2D eigenvalue weighted by atomic mass is 16.1. The largest absolute Gasteiger partial charge is 0.299 e. The summed E-state index contributed by atoms with van der Waals surface area (Å²) < 4.78 is 0. The molecule has 0 fully saturated rings. The fourth-order valence-corrected chi connectivity index (χ4v) is 2.59. The summed E-state index contributed by atoms with van der Waals surface area (Å²) in [5.41, 5.74) is 7.57. The topological polar surface area (TPSA) is 17.1 Å². The van der Waals surface area contributed by atoms with E-state index in [1.165, 1.54) is 22.3 Å². The number of carbonyl (C=O) groups excluding carboxylic acids is 1. The number of benzene rings is 2. The summed E-state index contributed by atoms with van der Waals surface area (Å²) in [4.78, 5) is 10.5. The smallest absolute Gasteiger partial charge is 0.143 e. The molecule has 0 saturated heterocycles. The molecule has 0 aliphatic heterocycles. The molecule has 1 heteroatoms. The van der Waals surface area contributed by atoms with E-state index in [2.05, 4.69) is 42.5 Å². The van der Waals surface area contributed by atoms with Gasteiger partial charge in [0.15, 0.2) is 0 Å². The van der Waals surface area contributed by atoms with Crippen LogP contribution in [0.2, 0.25) is 0 Å². The Morgan fingerprint density at radius 1 is 1.06 bits per heavy atom. The first-order valence-corrected chi connectivity index (χ1v) is 6.13. The van der Waals surface area contributed by atoms with Crippen molar-refractivity contribution in [2.75, 3.05) is 0 Å². The molecule has 18 heavy (non-hydrogen) atoms. The third-order valence-corrected chi connectivity index (χ3v) is 3.57. The number of hydrogen-bond donors (Lipinski definition) is 0. The Hall–Kier alpha value is -2.15. The van der Waals surface area contributed by atoms with Crippen LogP contribution in [0.4, 0.5) is 0 Å². The Labute approximate surface area is 107 Å². The van der Waals surface area contributed by atoms with Crippen LogP contribution in [0.15, 0.2) is 48.5 Å². The predicted octanol–water partition coefficient (Wildman–Crippen LogP) is 3.86. The van der Waals surface area contributed by atoms with Crippen molar-refractivity contribution >= 4 is 11.9 Å². The lowest BCUT2D eigenvalue weighted by Crippen LogP contribution is -1.85. The molecule has 88 valence electrons. The van der Waals surface area contributed by atoms with Gasteiger partial charge in [-0.05, 0) is 52.8 Å². The van der Waals surface area contributed by atoms with Gasteiger partial charge in [0.2, 0.25) is 0 Å². The van der Waals surface area contributed by atoms with E-state index < -0.39 is 0 Å². The molecule has 0 unspecified atom stereocenters. The zero-order valence-corrected chi connectivity index (χ0v) is 10.3. The maximum atomic E-state index is 10.5. The van der Waals surface area contributed by atoms with Crippen molar-refractivity contribution in [3.63, 3.8) is 0 Å². The molecule has 0 amide bonds. The molecule has 0 bridgehead atoms. The first-order chi connectivity index (χ1) is 8.79. The van der Waals surface area contributed by atoms with Gasteiger partial charge in [0.25, 0.3) is 0 Å². The van der Waals surface area contributed by atoms with Gasteiger partial charge >= 0.3 is 0 Å². The summed E-state index contributed by atoms with van der Waals surface area (Å²) in [5.74, 6) is 0. The average Bonchev–Trinajstić information content (AvgIpc) is 2.76. The van der Waals surface area contributed by atoms with E-state index in [4.69, 9.17) is 0 Å². The van der Waals surface area contributed by atoms with E-state index in [9.17, 15) is 4.79 Å². The van der Waals surface area contributed by atoms with Crippen molar-refractivity contribution < 1.29 is 4.79 Å². The normalized spacial score (nSPS) is 13.1. The van der Waals surface area contributed by atoms with Crippen LogP contribution in [0.1, 0.15) is 23.6 Å². The second-order valence-corrected chi connectivity index (χ2v) is 4.69. The molecule has 0 aromatic heterocycles. The third kappa shape index (κ3) is 1.68. The quantitative estimate of drug-likeness (QED) is 0.486. The van der Waals surface area contributed by atoms with E-state index in [0.717, 1.165) is 23.8 Å². The fourth-order valence-electron chi connectivity index (χ4n) is 2.59. The van der Waals surface area contributed by atoms with Crippen LogP contribution in [0, 0.1) is 0 Å². The minimum Gasteiger partial charge on any atom is -0.299 e. The van der Waals surface area contributed by atoms with Crippen molar-refractivity contribution in [2.24, 2.45) is 0 Å². The van der Waals surface area contributed by atoms with Gasteiger partial charge in [-0.3, -0.25) is 4.79 Å². The first-order valence-electron chi connectivity index (χ1n) is 6.13. The van der Waals surface area contributed by atoms with E-state index in [-0.39, 0.29) is 0 Å². The molecule has 0 atom stereocenters. The molecule has 0 spiro atoms. The lowest BCUT2D eigenvalue weighted by atomic mass is 10.00. The number of hydrogen-bond acceptors (Lipinski definition) is 1. The Bertz CT molecular complexity index is 650. The molecule has 1 nitrogen and oxygen atoms in total. The van der Waals surface area contributed by atoms with Crippen LogP contribution in [0.3, 0.4) is 0 Å². The Kier molecular flexibility index (Phi) is 2.60. The van der Waals surface area contributed by atoms with Crippen LogP contribution >= 0.6 is 0 Å². The first kappa shape index (κ1) is 11.0. The molecule has 2 aromatic rings. The number of rotatable bonds is 2. The van der Waals surface area contributed by atoms with E-state index in [1.807, 2.05) is 6.92 Å². The minimum absolute atomic E-state index is 0.845. The summed E-state index contributed by atoms with van der Waals surface area (Å²) in [7, 11) is 0. The van der Waals surface area contributed by atoms with Gasteiger partial charge in [0.1, 0.15) is 6.29 Å². The van der Waals surface area contributed by atoms with Crippen LogP contribution in [-0.2, 0) is 11.2 Å². The molecular formula is C17H14O. The maximum absolute atomic E-state index is 10.5. The van der Waals surface area contributed by atoms with E-state index in [1.54, 1.807) is 6.08 Å². The van der Waals surface area contributed by atoms with E-state index in [0.29, 0.717) is 0 Å². The van der Waals surface area contributed by atoms with Gasteiger partial charge in [0.05, 0.1) is 0 Å². The summed E-state index contributed by atoms with van der Waals surface area (Å²) in [5, 5.41) is 0. The Morgan fingerprint density at radius 2 is 1.83 bits per heavy atom. The second kappa shape index (κ2) is 4.26. The number of allylic oxidation sites excluding steroid dienone is 2. The molecule has 2 aromatic carbocycles. The van der Waals surface area contributed by atoms with Crippen molar-refractivity contribution in [2.45, 2.75) is 13.3 Å². The molecule has 3 rings (SSSR count). The van der Waals surface area contributed by atoms with Crippen molar-refractivity contribution in [3.05, 3.63) is 65.2 Å². The Balaban J connectivity index is 2.09. The monoisotopic (exact) mass is 234 g/mol. The number of fused-ring (bicyclic) bond motifs is 3. The molecule has 0 N–H and O–H groups in total. The van der Waals surface area contributed by atoms with Gasteiger partial charge in [0, 0.05) is 0 Å². The van der Waals surface area contributed by atoms with Crippen LogP contribution in [-0.4, -0.2) is 6.29 Å². The van der Waals surface area contributed by atoms with Gasteiger partial charge in [-0.15, -0.1) is 0 Å². The zero-order valence-electron chi connectivity index (χ0n) is 10.3. The summed E-state index contributed by atoms with van der Waals surface area (Å²) in [6.07, 6.45) is 3.45. The van der Waals surface area contributed by atoms with Crippen LogP contribution in [0.25, 0.3) is 16.7 Å². The van der Waals surface area contributed by atoms with Crippen molar-refractivity contribution in [1.82, 2.24) is 0 Å². The lowest BCUT2D eigenvalue weighted by molar-refractivity contribution is -0.104. The van der Waals surface area contributed by atoms with E-state index >= 15 is 0 Å². The number of carbonyl (C=O) groups is 1. The highest BCUT2D eigenvalue weighted by Gasteiger charge is 2.17. The fraction of sp³-hybridized carbons (Fsp3) is 0.118. The SMILES string of the molecule is CC(=CC=O)c1ccc2c(c1)Cc1ccccc1-2. The summed E-state index contributed by atoms with van der Waals surface area (Å²) in [6.45, 7) is 1.97. The second-order valence-electron chi connectivity index (χ2n) is 4.69. The molecule has 1 aliphatic carbocycles. The average molecular weight is 234 g/mol. The molecular weight excluding hydrogens is 220 g/mol. The van der Waals surface area contributed by atoms with Crippen molar-refractivity contribution in [1.29, 1.82) is 0 Å². The lowest BCUT2D eigenvalue weighted by Gasteiger charge is -2.05. The standard InChI is InChI=1S/C17H14O/c1-12(8-9-18)13-6-7-17-15(10-13)11-14-4-2-3-5-16(14)17/h2-10H,11H2,1H3. The predicted molar refractivity (Wildman–Crippen MR) is 74.4 cm³/mol.